The standard InChI is InChI=1S/C10H10N2O3/c1-5-9-7(6(4-13)3-12-5)2-8(11)10(14)15-9/h2-3,13H,4,11H2,1H3. The molecule has 0 aliphatic heterocycles. The van der Waals surface area contributed by atoms with Gasteiger partial charge < -0.3 is 15.3 Å². The van der Waals surface area contributed by atoms with Crippen molar-refractivity contribution in [3.63, 3.8) is 0 Å². The number of aryl methyl sites for hydroxylation is 1. The Bertz CT molecular complexity index is 575. The highest BCUT2D eigenvalue weighted by Gasteiger charge is 2.09. The highest BCUT2D eigenvalue weighted by Crippen LogP contribution is 2.20. The van der Waals surface area contributed by atoms with Gasteiger partial charge in [-0.1, -0.05) is 0 Å². The van der Waals surface area contributed by atoms with Gasteiger partial charge in [-0.15, -0.1) is 0 Å². The van der Waals surface area contributed by atoms with Crippen LogP contribution >= 0.6 is 0 Å². The van der Waals surface area contributed by atoms with Gasteiger partial charge in [0.1, 0.15) is 5.69 Å². The van der Waals surface area contributed by atoms with Crippen LogP contribution in [-0.2, 0) is 6.61 Å². The van der Waals surface area contributed by atoms with E-state index in [9.17, 15) is 4.79 Å². The molecule has 0 fully saturated rings. The molecule has 78 valence electrons. The van der Waals surface area contributed by atoms with Crippen molar-refractivity contribution in [3.8, 4) is 0 Å². The number of rotatable bonds is 1. The minimum absolute atomic E-state index is 0.0304. The molecule has 15 heavy (non-hydrogen) atoms. The number of hydrogen-bond acceptors (Lipinski definition) is 5. The number of nitrogens with two attached hydrogens (primary N) is 1. The van der Waals surface area contributed by atoms with Gasteiger partial charge in [-0.05, 0) is 13.0 Å². The maximum Gasteiger partial charge on any atom is 0.359 e. The van der Waals surface area contributed by atoms with Crippen molar-refractivity contribution in [1.29, 1.82) is 0 Å². The van der Waals surface area contributed by atoms with Gasteiger partial charge in [0.25, 0.3) is 0 Å². The number of aromatic nitrogens is 1. The molecular weight excluding hydrogens is 196 g/mol. The molecule has 0 aliphatic rings. The van der Waals surface area contributed by atoms with Crippen molar-refractivity contribution < 1.29 is 9.52 Å². The van der Waals surface area contributed by atoms with Crippen molar-refractivity contribution in [2.75, 3.05) is 5.73 Å². The lowest BCUT2D eigenvalue weighted by Crippen LogP contribution is -2.07. The molecule has 5 heteroatoms. The van der Waals surface area contributed by atoms with Crippen molar-refractivity contribution in [3.05, 3.63) is 33.9 Å². The number of pyridine rings is 1. The highest BCUT2D eigenvalue weighted by atomic mass is 16.4. The van der Waals surface area contributed by atoms with Crippen LogP contribution in [0.5, 0.6) is 0 Å². The van der Waals surface area contributed by atoms with E-state index in [-0.39, 0.29) is 12.3 Å². The first-order valence-electron chi connectivity index (χ1n) is 4.42. The molecule has 0 atom stereocenters. The predicted molar refractivity (Wildman–Crippen MR) is 55.4 cm³/mol. The largest absolute Gasteiger partial charge is 0.419 e. The summed E-state index contributed by atoms with van der Waals surface area (Å²) in [5.41, 5.74) is 6.46. The molecule has 0 bridgehead atoms. The second-order valence-electron chi connectivity index (χ2n) is 3.26. The molecule has 0 aromatic carbocycles. The Morgan fingerprint density at radius 1 is 1.60 bits per heavy atom. The van der Waals surface area contributed by atoms with Crippen LogP contribution in [0.3, 0.4) is 0 Å². The Kier molecular flexibility index (Phi) is 2.17. The lowest BCUT2D eigenvalue weighted by molar-refractivity contribution is 0.282. The fourth-order valence-electron chi connectivity index (χ4n) is 1.42. The number of aliphatic hydroxyl groups is 1. The molecule has 0 saturated carbocycles. The monoisotopic (exact) mass is 206 g/mol. The SMILES string of the molecule is Cc1ncc(CO)c2cc(N)c(=O)oc12. The van der Waals surface area contributed by atoms with E-state index in [0.29, 0.717) is 22.2 Å². The molecule has 0 aliphatic carbocycles. The van der Waals surface area contributed by atoms with Gasteiger partial charge in [0, 0.05) is 17.1 Å². The smallest absolute Gasteiger partial charge is 0.359 e. The first-order valence-corrected chi connectivity index (χ1v) is 4.42. The van der Waals surface area contributed by atoms with E-state index in [1.807, 2.05) is 0 Å². The zero-order valence-electron chi connectivity index (χ0n) is 8.15. The van der Waals surface area contributed by atoms with E-state index in [0.717, 1.165) is 0 Å². The fraction of sp³-hybridized carbons (Fsp3) is 0.200. The number of anilines is 1. The summed E-state index contributed by atoms with van der Waals surface area (Å²) in [6.07, 6.45) is 1.54. The van der Waals surface area contributed by atoms with Crippen molar-refractivity contribution >= 4 is 16.7 Å². The molecule has 0 spiro atoms. The molecule has 5 nitrogen and oxygen atoms in total. The van der Waals surface area contributed by atoms with Crippen LogP contribution in [0.1, 0.15) is 11.3 Å². The lowest BCUT2D eigenvalue weighted by Gasteiger charge is -2.04. The topological polar surface area (TPSA) is 89.4 Å². The number of nitrogen functional groups attached to an aromatic ring is 1. The van der Waals surface area contributed by atoms with E-state index in [4.69, 9.17) is 15.3 Å². The van der Waals surface area contributed by atoms with Gasteiger partial charge >= 0.3 is 5.63 Å². The van der Waals surface area contributed by atoms with Crippen LogP contribution in [0.25, 0.3) is 11.0 Å². The Balaban J connectivity index is 2.94. The summed E-state index contributed by atoms with van der Waals surface area (Å²) in [5, 5.41) is 9.71. The zero-order chi connectivity index (χ0) is 11.0. The minimum Gasteiger partial charge on any atom is -0.419 e. The average Bonchev–Trinajstić information content (AvgIpc) is 2.22. The third-order valence-electron chi connectivity index (χ3n) is 2.23. The van der Waals surface area contributed by atoms with Crippen LogP contribution in [0, 0.1) is 6.92 Å². The van der Waals surface area contributed by atoms with E-state index < -0.39 is 5.63 Å². The zero-order valence-corrected chi connectivity index (χ0v) is 8.15. The highest BCUT2D eigenvalue weighted by molar-refractivity contribution is 5.83. The van der Waals surface area contributed by atoms with Crippen LogP contribution in [0.4, 0.5) is 5.69 Å². The summed E-state index contributed by atoms with van der Waals surface area (Å²) in [4.78, 5) is 15.2. The molecule has 2 rings (SSSR count). The second kappa shape index (κ2) is 3.36. The quantitative estimate of drug-likeness (QED) is 0.712. The van der Waals surface area contributed by atoms with E-state index in [2.05, 4.69) is 4.98 Å². The molecule has 2 aromatic rings. The normalized spacial score (nSPS) is 10.8. The van der Waals surface area contributed by atoms with Gasteiger partial charge in [0.15, 0.2) is 5.58 Å². The molecular formula is C10H10N2O3. The van der Waals surface area contributed by atoms with Gasteiger partial charge in [0.05, 0.1) is 12.3 Å². The first kappa shape index (κ1) is 9.67. The van der Waals surface area contributed by atoms with Crippen LogP contribution in [0.2, 0.25) is 0 Å². The summed E-state index contributed by atoms with van der Waals surface area (Å²) in [5.74, 6) is 0. The van der Waals surface area contributed by atoms with Gasteiger partial charge in [-0.2, -0.15) is 0 Å². The summed E-state index contributed by atoms with van der Waals surface area (Å²) >= 11 is 0. The molecule has 2 aromatic heterocycles. The average molecular weight is 206 g/mol. The maximum absolute atomic E-state index is 11.2. The van der Waals surface area contributed by atoms with Crippen LogP contribution < -0.4 is 11.4 Å². The van der Waals surface area contributed by atoms with Crippen LogP contribution in [0.15, 0.2) is 21.5 Å². The van der Waals surface area contributed by atoms with E-state index in [1.165, 1.54) is 12.3 Å². The number of hydrogen-bond donors (Lipinski definition) is 2. The molecule has 0 radical (unpaired) electrons. The molecule has 0 saturated heterocycles. The third kappa shape index (κ3) is 1.46. The number of fused-ring (bicyclic) bond motifs is 1. The number of nitrogens with zero attached hydrogens (tertiary/aromatic N) is 1. The fourth-order valence-corrected chi connectivity index (χ4v) is 1.42. The Hall–Kier alpha value is -1.88. The predicted octanol–water partition coefficient (Wildman–Crippen LogP) is 0.571. The lowest BCUT2D eigenvalue weighted by atomic mass is 10.1. The van der Waals surface area contributed by atoms with E-state index >= 15 is 0 Å². The third-order valence-corrected chi connectivity index (χ3v) is 2.23. The minimum atomic E-state index is -0.581. The summed E-state index contributed by atoms with van der Waals surface area (Å²) in [6, 6.07) is 1.50. The summed E-state index contributed by atoms with van der Waals surface area (Å²) in [6.45, 7) is 1.56. The van der Waals surface area contributed by atoms with Gasteiger partial charge in [-0.3, -0.25) is 4.98 Å². The van der Waals surface area contributed by atoms with Crippen molar-refractivity contribution in [2.45, 2.75) is 13.5 Å². The van der Waals surface area contributed by atoms with Crippen molar-refractivity contribution in [2.24, 2.45) is 0 Å². The number of aliphatic hydroxyl groups excluding tert-OH is 1. The van der Waals surface area contributed by atoms with Gasteiger partial charge in [-0.25, -0.2) is 4.79 Å². The Morgan fingerprint density at radius 3 is 3.00 bits per heavy atom. The summed E-state index contributed by atoms with van der Waals surface area (Å²) < 4.78 is 5.01. The van der Waals surface area contributed by atoms with Crippen LogP contribution in [-0.4, -0.2) is 10.1 Å². The first-order chi connectivity index (χ1) is 7.13. The second-order valence-corrected chi connectivity index (χ2v) is 3.26. The molecule has 2 heterocycles. The van der Waals surface area contributed by atoms with Gasteiger partial charge in [0.2, 0.25) is 0 Å². The van der Waals surface area contributed by atoms with E-state index in [1.54, 1.807) is 6.92 Å². The molecule has 0 amide bonds. The Labute approximate surface area is 85.2 Å². The van der Waals surface area contributed by atoms with Crippen molar-refractivity contribution in [1.82, 2.24) is 4.98 Å². The molecule has 0 unspecified atom stereocenters. The Morgan fingerprint density at radius 2 is 2.33 bits per heavy atom. The summed E-state index contributed by atoms with van der Waals surface area (Å²) in [7, 11) is 0. The molecule has 3 N–H and O–H groups in total. The maximum atomic E-state index is 11.2.